The van der Waals surface area contributed by atoms with E-state index in [0.717, 1.165) is 18.9 Å². The second-order valence-electron chi connectivity index (χ2n) is 4.60. The highest BCUT2D eigenvalue weighted by molar-refractivity contribution is 5.77. The van der Waals surface area contributed by atoms with E-state index in [4.69, 9.17) is 9.47 Å². The van der Waals surface area contributed by atoms with Gasteiger partial charge in [0.2, 0.25) is 5.91 Å². The summed E-state index contributed by atoms with van der Waals surface area (Å²) in [5.41, 5.74) is 0. The average molecular weight is 279 g/mol. The SMILES string of the molecule is COCCOCC(=O)N1CCN(c2ccccn2)CC1. The fraction of sp³-hybridized carbons (Fsp3) is 0.571. The zero-order valence-corrected chi connectivity index (χ0v) is 11.8. The van der Waals surface area contributed by atoms with Crippen molar-refractivity contribution in [3.05, 3.63) is 24.4 Å². The number of methoxy groups -OCH3 is 1. The molecule has 0 unspecified atom stereocenters. The van der Waals surface area contributed by atoms with Crippen molar-refractivity contribution in [3.8, 4) is 0 Å². The van der Waals surface area contributed by atoms with Gasteiger partial charge in [0.05, 0.1) is 13.2 Å². The molecule has 110 valence electrons. The molecule has 0 aliphatic carbocycles. The second kappa shape index (κ2) is 7.81. The third kappa shape index (κ3) is 4.18. The van der Waals surface area contributed by atoms with Crippen molar-refractivity contribution < 1.29 is 14.3 Å². The normalized spacial score (nSPS) is 15.4. The molecule has 0 bridgehead atoms. The first-order valence-electron chi connectivity index (χ1n) is 6.81. The zero-order valence-electron chi connectivity index (χ0n) is 11.8. The Labute approximate surface area is 119 Å². The lowest BCUT2D eigenvalue weighted by atomic mass is 10.3. The Morgan fingerprint density at radius 1 is 1.25 bits per heavy atom. The highest BCUT2D eigenvalue weighted by Crippen LogP contribution is 2.12. The van der Waals surface area contributed by atoms with Crippen molar-refractivity contribution in [3.63, 3.8) is 0 Å². The Morgan fingerprint density at radius 3 is 2.70 bits per heavy atom. The summed E-state index contributed by atoms with van der Waals surface area (Å²) in [5, 5.41) is 0. The molecule has 0 saturated carbocycles. The molecular weight excluding hydrogens is 258 g/mol. The summed E-state index contributed by atoms with van der Waals surface area (Å²) in [4.78, 5) is 20.3. The van der Waals surface area contributed by atoms with Crippen LogP contribution in [0.1, 0.15) is 0 Å². The van der Waals surface area contributed by atoms with Gasteiger partial charge in [0, 0.05) is 39.5 Å². The summed E-state index contributed by atoms with van der Waals surface area (Å²) < 4.78 is 10.1. The predicted molar refractivity (Wildman–Crippen MR) is 75.7 cm³/mol. The van der Waals surface area contributed by atoms with Crippen LogP contribution in [0, 0.1) is 0 Å². The monoisotopic (exact) mass is 279 g/mol. The Morgan fingerprint density at radius 2 is 2.05 bits per heavy atom. The van der Waals surface area contributed by atoms with E-state index in [1.54, 1.807) is 13.3 Å². The molecule has 6 heteroatoms. The van der Waals surface area contributed by atoms with E-state index in [9.17, 15) is 4.79 Å². The number of anilines is 1. The van der Waals surface area contributed by atoms with E-state index in [1.807, 2.05) is 23.1 Å². The molecule has 1 amide bonds. The molecule has 1 aromatic rings. The first-order valence-corrected chi connectivity index (χ1v) is 6.81. The second-order valence-corrected chi connectivity index (χ2v) is 4.60. The van der Waals surface area contributed by atoms with Gasteiger partial charge in [-0.3, -0.25) is 4.79 Å². The molecule has 0 radical (unpaired) electrons. The van der Waals surface area contributed by atoms with E-state index in [-0.39, 0.29) is 12.5 Å². The summed E-state index contributed by atoms with van der Waals surface area (Å²) >= 11 is 0. The van der Waals surface area contributed by atoms with Crippen LogP contribution in [-0.4, -0.2) is 68.9 Å². The highest BCUT2D eigenvalue weighted by Gasteiger charge is 2.21. The van der Waals surface area contributed by atoms with Gasteiger partial charge < -0.3 is 19.3 Å². The first kappa shape index (κ1) is 14.7. The smallest absolute Gasteiger partial charge is 0.248 e. The molecule has 20 heavy (non-hydrogen) atoms. The molecule has 1 saturated heterocycles. The maximum atomic E-state index is 11.9. The minimum atomic E-state index is 0.0433. The number of ether oxygens (including phenoxy) is 2. The number of rotatable bonds is 6. The van der Waals surface area contributed by atoms with Crippen molar-refractivity contribution in [2.24, 2.45) is 0 Å². The van der Waals surface area contributed by atoms with E-state index in [0.29, 0.717) is 26.3 Å². The maximum absolute atomic E-state index is 11.9. The van der Waals surface area contributed by atoms with Crippen LogP contribution in [-0.2, 0) is 14.3 Å². The molecule has 0 aromatic carbocycles. The van der Waals surface area contributed by atoms with Gasteiger partial charge in [0.15, 0.2) is 0 Å². The lowest BCUT2D eigenvalue weighted by Crippen LogP contribution is -2.50. The fourth-order valence-corrected chi connectivity index (χ4v) is 2.12. The molecule has 6 nitrogen and oxygen atoms in total. The molecule has 1 aliphatic rings. The van der Waals surface area contributed by atoms with Gasteiger partial charge in [-0.05, 0) is 12.1 Å². The third-order valence-corrected chi connectivity index (χ3v) is 3.26. The van der Waals surface area contributed by atoms with Crippen molar-refractivity contribution in [2.45, 2.75) is 0 Å². The molecule has 0 spiro atoms. The molecule has 1 aromatic heterocycles. The van der Waals surface area contributed by atoms with Gasteiger partial charge in [-0.25, -0.2) is 4.98 Å². The molecular formula is C14H21N3O3. The van der Waals surface area contributed by atoms with Crippen LogP contribution in [0.25, 0.3) is 0 Å². The maximum Gasteiger partial charge on any atom is 0.248 e. The van der Waals surface area contributed by atoms with Crippen LogP contribution in [0.5, 0.6) is 0 Å². The minimum Gasteiger partial charge on any atom is -0.382 e. The van der Waals surface area contributed by atoms with Gasteiger partial charge in [0.25, 0.3) is 0 Å². The lowest BCUT2D eigenvalue weighted by molar-refractivity contribution is -0.136. The standard InChI is InChI=1S/C14H21N3O3/c1-19-10-11-20-12-14(18)17-8-6-16(7-9-17)13-4-2-3-5-15-13/h2-5H,6-12H2,1H3. The number of amides is 1. The Kier molecular flexibility index (Phi) is 5.76. The van der Waals surface area contributed by atoms with E-state index in [2.05, 4.69) is 9.88 Å². The number of pyridine rings is 1. The summed E-state index contributed by atoms with van der Waals surface area (Å²) in [7, 11) is 1.61. The van der Waals surface area contributed by atoms with Crippen molar-refractivity contribution >= 4 is 11.7 Å². The Balaban J connectivity index is 1.72. The number of hydrogen-bond donors (Lipinski definition) is 0. The van der Waals surface area contributed by atoms with Crippen LogP contribution in [0.15, 0.2) is 24.4 Å². The Hall–Kier alpha value is -1.66. The molecule has 1 fully saturated rings. The predicted octanol–water partition coefficient (Wildman–Crippen LogP) is 0.393. The molecule has 2 heterocycles. The highest BCUT2D eigenvalue weighted by atomic mass is 16.5. The van der Waals surface area contributed by atoms with Crippen molar-refractivity contribution in [1.82, 2.24) is 9.88 Å². The number of piperazine rings is 1. The summed E-state index contributed by atoms with van der Waals surface area (Å²) in [6.07, 6.45) is 1.79. The fourth-order valence-electron chi connectivity index (χ4n) is 2.12. The van der Waals surface area contributed by atoms with Gasteiger partial charge in [0.1, 0.15) is 12.4 Å². The molecule has 2 rings (SSSR count). The van der Waals surface area contributed by atoms with Gasteiger partial charge in [-0.15, -0.1) is 0 Å². The average Bonchev–Trinajstić information content (AvgIpc) is 2.52. The number of hydrogen-bond acceptors (Lipinski definition) is 5. The lowest BCUT2D eigenvalue weighted by Gasteiger charge is -2.35. The minimum absolute atomic E-state index is 0.0433. The summed E-state index contributed by atoms with van der Waals surface area (Å²) in [6.45, 7) is 4.14. The quantitative estimate of drug-likeness (QED) is 0.705. The largest absolute Gasteiger partial charge is 0.382 e. The Bertz CT molecular complexity index is 405. The summed E-state index contributed by atoms with van der Waals surface area (Å²) in [5.74, 6) is 1.01. The van der Waals surface area contributed by atoms with E-state index in [1.165, 1.54) is 0 Å². The van der Waals surface area contributed by atoms with Gasteiger partial charge >= 0.3 is 0 Å². The van der Waals surface area contributed by atoms with Crippen LogP contribution >= 0.6 is 0 Å². The van der Waals surface area contributed by atoms with Gasteiger partial charge in [-0.2, -0.15) is 0 Å². The van der Waals surface area contributed by atoms with E-state index >= 15 is 0 Å². The third-order valence-electron chi connectivity index (χ3n) is 3.26. The zero-order chi connectivity index (χ0) is 14.2. The van der Waals surface area contributed by atoms with Crippen LogP contribution < -0.4 is 4.90 Å². The number of carbonyl (C=O) groups is 1. The molecule has 0 N–H and O–H groups in total. The van der Waals surface area contributed by atoms with Crippen molar-refractivity contribution in [2.75, 3.05) is 58.0 Å². The van der Waals surface area contributed by atoms with E-state index < -0.39 is 0 Å². The number of nitrogens with zero attached hydrogens (tertiary/aromatic N) is 3. The number of aromatic nitrogens is 1. The molecule has 1 aliphatic heterocycles. The number of carbonyl (C=O) groups excluding carboxylic acids is 1. The van der Waals surface area contributed by atoms with Crippen LogP contribution in [0.4, 0.5) is 5.82 Å². The van der Waals surface area contributed by atoms with Gasteiger partial charge in [-0.1, -0.05) is 6.07 Å². The molecule has 0 atom stereocenters. The van der Waals surface area contributed by atoms with Crippen molar-refractivity contribution in [1.29, 1.82) is 0 Å². The van der Waals surface area contributed by atoms with Crippen LogP contribution in [0.2, 0.25) is 0 Å². The van der Waals surface area contributed by atoms with Crippen LogP contribution in [0.3, 0.4) is 0 Å². The topological polar surface area (TPSA) is 54.9 Å². The summed E-state index contributed by atoms with van der Waals surface area (Å²) in [6, 6.07) is 5.87. The first-order chi connectivity index (χ1) is 9.81.